The first-order chi connectivity index (χ1) is 14.5. The lowest BCUT2D eigenvalue weighted by molar-refractivity contribution is 0.0513. The second kappa shape index (κ2) is 11.8. The Morgan fingerprint density at radius 2 is 2.03 bits per heavy atom. The Labute approximate surface area is 184 Å². The van der Waals surface area contributed by atoms with Crippen molar-refractivity contribution >= 4 is 0 Å². The summed E-state index contributed by atoms with van der Waals surface area (Å²) in [6.45, 7) is 10.0. The van der Waals surface area contributed by atoms with Gasteiger partial charge in [0.05, 0.1) is 11.7 Å². The highest BCUT2D eigenvalue weighted by atomic mass is 16.3. The minimum Gasteiger partial charge on any atom is -0.392 e. The molecule has 0 aromatic rings. The summed E-state index contributed by atoms with van der Waals surface area (Å²) in [7, 11) is 0. The summed E-state index contributed by atoms with van der Waals surface area (Å²) in [5, 5.41) is 24.7. The molecule has 1 saturated heterocycles. The number of nitrogens with one attached hydrogen (secondary N) is 1. The number of piperidine rings is 1. The molecule has 3 aliphatic rings. The predicted octanol–water partition coefficient (Wildman–Crippen LogP) is 4.28. The van der Waals surface area contributed by atoms with Crippen molar-refractivity contribution in [1.82, 2.24) is 10.2 Å². The molecule has 0 radical (unpaired) electrons. The van der Waals surface area contributed by atoms with E-state index in [2.05, 4.69) is 35.4 Å². The SMILES string of the molecule is CCCC[C@](C)(O)CC=C[C@@H]1[C@H]2CC(CNCCCN3CCCCC3)=C[C@H]2C[C@H]1O. The zero-order valence-electron chi connectivity index (χ0n) is 19.5. The number of hydrogen-bond acceptors (Lipinski definition) is 4. The molecule has 0 spiro atoms. The molecule has 0 amide bonds. The standard InChI is InChI=1S/C26H46N2O2/c1-3-4-11-26(2,30)12-8-10-23-24-18-21(17-22(24)19-25(23)29)20-27-13-9-16-28-14-6-5-7-15-28/h8,10,17,22-25,27,29-30H,3-7,9,11-16,18-20H2,1-2H3/t22-,23+,24-,25+,26-/m0/s1. The van der Waals surface area contributed by atoms with Crippen LogP contribution >= 0.6 is 0 Å². The first-order valence-corrected chi connectivity index (χ1v) is 12.7. The molecule has 3 rings (SSSR count). The van der Waals surface area contributed by atoms with E-state index in [4.69, 9.17) is 0 Å². The average Bonchev–Trinajstić information content (AvgIpc) is 3.24. The first kappa shape index (κ1) is 24.0. The lowest BCUT2D eigenvalue weighted by atomic mass is 9.88. The van der Waals surface area contributed by atoms with E-state index >= 15 is 0 Å². The van der Waals surface area contributed by atoms with Crippen LogP contribution in [0.1, 0.15) is 78.1 Å². The van der Waals surface area contributed by atoms with E-state index in [-0.39, 0.29) is 12.0 Å². The molecule has 172 valence electrons. The third-order valence-corrected chi connectivity index (χ3v) is 7.56. The van der Waals surface area contributed by atoms with Crippen LogP contribution in [0, 0.1) is 17.8 Å². The fourth-order valence-electron chi connectivity index (χ4n) is 5.73. The second-order valence-corrected chi connectivity index (χ2v) is 10.4. The van der Waals surface area contributed by atoms with Crippen molar-refractivity contribution in [3.05, 3.63) is 23.8 Å². The van der Waals surface area contributed by atoms with Gasteiger partial charge in [0.1, 0.15) is 0 Å². The van der Waals surface area contributed by atoms with Crippen LogP contribution in [-0.4, -0.2) is 59.5 Å². The average molecular weight is 419 g/mol. The van der Waals surface area contributed by atoms with Gasteiger partial charge in [-0.3, -0.25) is 0 Å². The van der Waals surface area contributed by atoms with Crippen molar-refractivity contribution in [1.29, 1.82) is 0 Å². The first-order valence-electron chi connectivity index (χ1n) is 12.7. The lowest BCUT2D eigenvalue weighted by Gasteiger charge is -2.26. The van der Waals surface area contributed by atoms with Crippen LogP contribution in [0.3, 0.4) is 0 Å². The van der Waals surface area contributed by atoms with Crippen LogP contribution in [0.15, 0.2) is 23.8 Å². The third-order valence-electron chi connectivity index (χ3n) is 7.56. The minimum absolute atomic E-state index is 0.229. The number of nitrogens with zero attached hydrogens (tertiary/aromatic N) is 1. The van der Waals surface area contributed by atoms with E-state index < -0.39 is 5.60 Å². The van der Waals surface area contributed by atoms with Gasteiger partial charge in [-0.15, -0.1) is 0 Å². The summed E-state index contributed by atoms with van der Waals surface area (Å²) in [4.78, 5) is 2.61. The van der Waals surface area contributed by atoms with Gasteiger partial charge in [-0.25, -0.2) is 0 Å². The molecule has 1 heterocycles. The molecule has 0 aromatic carbocycles. The Balaban J connectivity index is 1.36. The van der Waals surface area contributed by atoms with Crippen molar-refractivity contribution in [3.63, 3.8) is 0 Å². The quantitative estimate of drug-likeness (QED) is 0.327. The van der Waals surface area contributed by atoms with Gasteiger partial charge in [0.15, 0.2) is 0 Å². The summed E-state index contributed by atoms with van der Waals surface area (Å²) in [5.41, 5.74) is 0.912. The van der Waals surface area contributed by atoms with Gasteiger partial charge in [-0.1, -0.05) is 50.0 Å². The summed E-state index contributed by atoms with van der Waals surface area (Å²) in [5.74, 6) is 1.31. The van der Waals surface area contributed by atoms with Crippen molar-refractivity contribution in [2.75, 3.05) is 32.7 Å². The largest absolute Gasteiger partial charge is 0.392 e. The molecule has 4 heteroatoms. The number of fused-ring (bicyclic) bond motifs is 1. The van der Waals surface area contributed by atoms with Crippen molar-refractivity contribution in [3.8, 4) is 0 Å². The zero-order chi connectivity index (χ0) is 21.4. The van der Waals surface area contributed by atoms with Gasteiger partial charge in [-0.05, 0) is 89.9 Å². The van der Waals surface area contributed by atoms with Gasteiger partial charge in [0, 0.05) is 12.5 Å². The third kappa shape index (κ3) is 7.19. The van der Waals surface area contributed by atoms with Crippen molar-refractivity contribution < 1.29 is 10.2 Å². The molecule has 4 nitrogen and oxygen atoms in total. The Morgan fingerprint density at radius 1 is 1.23 bits per heavy atom. The summed E-state index contributed by atoms with van der Waals surface area (Å²) in [6, 6.07) is 0. The number of likely N-dealkylation sites (tertiary alicyclic amines) is 1. The molecular weight excluding hydrogens is 372 g/mol. The number of aliphatic hydroxyl groups excluding tert-OH is 1. The molecule has 30 heavy (non-hydrogen) atoms. The van der Waals surface area contributed by atoms with Gasteiger partial charge >= 0.3 is 0 Å². The Kier molecular flexibility index (Phi) is 9.43. The lowest BCUT2D eigenvalue weighted by Crippen LogP contribution is -2.32. The molecule has 0 bridgehead atoms. The smallest absolute Gasteiger partial charge is 0.0654 e. The molecule has 5 atom stereocenters. The predicted molar refractivity (Wildman–Crippen MR) is 125 cm³/mol. The highest BCUT2D eigenvalue weighted by Gasteiger charge is 2.43. The summed E-state index contributed by atoms with van der Waals surface area (Å²) < 4.78 is 0. The van der Waals surface area contributed by atoms with Crippen LogP contribution in [-0.2, 0) is 0 Å². The fraction of sp³-hybridized carbons (Fsp3) is 0.846. The summed E-state index contributed by atoms with van der Waals surface area (Å²) >= 11 is 0. The second-order valence-electron chi connectivity index (χ2n) is 10.4. The van der Waals surface area contributed by atoms with Crippen LogP contribution in [0.5, 0.6) is 0 Å². The van der Waals surface area contributed by atoms with Gasteiger partial charge in [0.25, 0.3) is 0 Å². The highest BCUT2D eigenvalue weighted by Crippen LogP contribution is 2.47. The molecule has 1 aliphatic heterocycles. The Hall–Kier alpha value is -0.680. The number of aliphatic hydroxyl groups is 2. The van der Waals surface area contributed by atoms with Gasteiger partial charge in [0.2, 0.25) is 0 Å². The monoisotopic (exact) mass is 418 g/mol. The Bertz CT molecular complexity index is 565. The normalized spacial score (nSPS) is 31.8. The number of rotatable bonds is 12. The van der Waals surface area contributed by atoms with Gasteiger partial charge in [-0.2, -0.15) is 0 Å². The van der Waals surface area contributed by atoms with E-state index in [0.717, 1.165) is 45.2 Å². The van der Waals surface area contributed by atoms with E-state index in [1.54, 1.807) is 0 Å². The Morgan fingerprint density at radius 3 is 2.80 bits per heavy atom. The molecular formula is C26H46N2O2. The molecule has 1 saturated carbocycles. The van der Waals surface area contributed by atoms with Gasteiger partial charge < -0.3 is 20.4 Å². The molecule has 0 aromatic heterocycles. The van der Waals surface area contributed by atoms with E-state index in [0.29, 0.717) is 18.3 Å². The van der Waals surface area contributed by atoms with Crippen LogP contribution in [0.2, 0.25) is 0 Å². The molecule has 2 fully saturated rings. The van der Waals surface area contributed by atoms with E-state index in [9.17, 15) is 10.2 Å². The van der Waals surface area contributed by atoms with E-state index in [1.807, 2.05) is 6.92 Å². The van der Waals surface area contributed by atoms with Crippen LogP contribution < -0.4 is 5.32 Å². The summed E-state index contributed by atoms with van der Waals surface area (Å²) in [6.07, 6.45) is 17.7. The maximum Gasteiger partial charge on any atom is 0.0654 e. The van der Waals surface area contributed by atoms with Crippen LogP contribution in [0.4, 0.5) is 0 Å². The topological polar surface area (TPSA) is 55.7 Å². The number of hydrogen-bond donors (Lipinski definition) is 3. The molecule has 0 unspecified atom stereocenters. The maximum absolute atomic E-state index is 10.6. The minimum atomic E-state index is -0.618. The fourth-order valence-corrected chi connectivity index (χ4v) is 5.73. The molecule has 3 N–H and O–H groups in total. The van der Waals surface area contributed by atoms with Crippen LogP contribution in [0.25, 0.3) is 0 Å². The van der Waals surface area contributed by atoms with Crippen molar-refractivity contribution in [2.24, 2.45) is 17.8 Å². The number of allylic oxidation sites excluding steroid dienone is 1. The molecule has 2 aliphatic carbocycles. The zero-order valence-corrected chi connectivity index (χ0v) is 19.5. The number of unbranched alkanes of at least 4 members (excludes halogenated alkanes) is 1. The highest BCUT2D eigenvalue weighted by molar-refractivity contribution is 5.21. The van der Waals surface area contributed by atoms with Crippen molar-refractivity contribution in [2.45, 2.75) is 89.8 Å². The maximum atomic E-state index is 10.6. The van der Waals surface area contributed by atoms with E-state index in [1.165, 1.54) is 50.9 Å².